The summed E-state index contributed by atoms with van der Waals surface area (Å²) in [6, 6.07) is -0.0917. The number of alkyl halides is 3. The van der Waals surface area contributed by atoms with Gasteiger partial charge in [-0.15, -0.1) is 0 Å². The molecule has 16 heavy (non-hydrogen) atoms. The molecule has 0 aliphatic heterocycles. The topological polar surface area (TPSA) is 29.1 Å². The monoisotopic (exact) mass is 255 g/mol. The number of carbonyl (C=O) groups is 1. The van der Waals surface area contributed by atoms with Gasteiger partial charge in [0.05, 0.1) is 5.92 Å². The zero-order chi connectivity index (χ0) is 12.2. The first kappa shape index (κ1) is 13.7. The molecule has 0 bridgehead atoms. The minimum Gasteiger partial charge on any atom is -0.353 e. The Hall–Kier alpha value is -0.390. The molecule has 0 atom stereocenters. The van der Waals surface area contributed by atoms with Crippen LogP contribution in [-0.4, -0.2) is 23.9 Å². The second kappa shape index (κ2) is 5.80. The number of hydrogen-bond donors (Lipinski definition) is 2. The van der Waals surface area contributed by atoms with E-state index in [4.69, 9.17) is 0 Å². The number of nitrogens with one attached hydrogen (secondary N) is 1. The van der Waals surface area contributed by atoms with E-state index in [1.54, 1.807) is 0 Å². The van der Waals surface area contributed by atoms with Crippen molar-refractivity contribution in [3.63, 3.8) is 0 Å². The Morgan fingerprint density at radius 2 is 1.81 bits per heavy atom. The average Bonchev–Trinajstić information content (AvgIpc) is 2.17. The normalized spacial score (nSPS) is 26.5. The van der Waals surface area contributed by atoms with Crippen molar-refractivity contribution < 1.29 is 18.0 Å². The highest BCUT2D eigenvalue weighted by Gasteiger charge is 2.41. The first-order chi connectivity index (χ1) is 7.43. The molecule has 1 aliphatic carbocycles. The van der Waals surface area contributed by atoms with Crippen LogP contribution in [0.5, 0.6) is 0 Å². The highest BCUT2D eigenvalue weighted by Crippen LogP contribution is 2.37. The maximum atomic E-state index is 12.4. The smallest absolute Gasteiger partial charge is 0.353 e. The lowest BCUT2D eigenvalue weighted by atomic mass is 9.85. The molecular formula is C10H16F3NOS. The molecule has 94 valence electrons. The third-order valence-electron chi connectivity index (χ3n) is 2.89. The highest BCUT2D eigenvalue weighted by molar-refractivity contribution is 7.80. The van der Waals surface area contributed by atoms with E-state index in [1.807, 2.05) is 0 Å². The fourth-order valence-electron chi connectivity index (χ4n) is 1.97. The third-order valence-corrected chi connectivity index (χ3v) is 3.12. The fraction of sp³-hybridized carbons (Fsp3) is 0.900. The number of rotatable bonds is 3. The summed E-state index contributed by atoms with van der Waals surface area (Å²) in [7, 11) is 0. The molecule has 0 saturated heterocycles. The molecule has 0 aromatic heterocycles. The Morgan fingerprint density at radius 3 is 2.25 bits per heavy atom. The van der Waals surface area contributed by atoms with E-state index in [-0.39, 0.29) is 24.8 Å². The molecule has 6 heteroatoms. The summed E-state index contributed by atoms with van der Waals surface area (Å²) < 4.78 is 37.1. The molecule has 1 fully saturated rings. The standard InChI is InChI=1S/C10H16F3NOS/c11-10(12,13)7-1-3-8(4-2-7)14-9(15)5-6-16/h7-8,16H,1-6H2,(H,14,15). The molecule has 0 heterocycles. The Balaban J connectivity index is 2.30. The number of carbonyl (C=O) groups excluding carboxylic acids is 1. The molecule has 2 nitrogen and oxygen atoms in total. The van der Waals surface area contributed by atoms with E-state index in [0.717, 1.165) is 0 Å². The fourth-order valence-corrected chi connectivity index (χ4v) is 2.17. The predicted octanol–water partition coefficient (Wildman–Crippen LogP) is 2.54. The van der Waals surface area contributed by atoms with Crippen molar-refractivity contribution in [2.24, 2.45) is 5.92 Å². The van der Waals surface area contributed by atoms with Gasteiger partial charge in [0.15, 0.2) is 0 Å². The van der Waals surface area contributed by atoms with Crippen molar-refractivity contribution in [3.8, 4) is 0 Å². The molecule has 0 aromatic rings. The summed E-state index contributed by atoms with van der Waals surface area (Å²) >= 11 is 3.92. The van der Waals surface area contributed by atoms with Gasteiger partial charge in [-0.25, -0.2) is 0 Å². The van der Waals surface area contributed by atoms with Crippen molar-refractivity contribution >= 4 is 18.5 Å². The van der Waals surface area contributed by atoms with Crippen LogP contribution in [0, 0.1) is 5.92 Å². The lowest BCUT2D eigenvalue weighted by Gasteiger charge is -2.30. The molecule has 1 rings (SSSR count). The molecule has 0 aromatic carbocycles. The van der Waals surface area contributed by atoms with Crippen molar-refractivity contribution in [3.05, 3.63) is 0 Å². The van der Waals surface area contributed by atoms with Gasteiger partial charge in [0.1, 0.15) is 0 Å². The van der Waals surface area contributed by atoms with Gasteiger partial charge in [-0.2, -0.15) is 25.8 Å². The zero-order valence-corrected chi connectivity index (χ0v) is 9.78. The summed E-state index contributed by atoms with van der Waals surface area (Å²) in [5.74, 6) is -0.847. The van der Waals surface area contributed by atoms with Crippen LogP contribution < -0.4 is 5.32 Å². The quantitative estimate of drug-likeness (QED) is 0.746. The van der Waals surface area contributed by atoms with Crippen LogP contribution >= 0.6 is 12.6 Å². The van der Waals surface area contributed by atoms with Crippen LogP contribution in [0.3, 0.4) is 0 Å². The van der Waals surface area contributed by atoms with Crippen LogP contribution in [-0.2, 0) is 4.79 Å². The number of hydrogen-bond acceptors (Lipinski definition) is 2. The van der Waals surface area contributed by atoms with Gasteiger partial charge < -0.3 is 5.32 Å². The molecule has 0 spiro atoms. The summed E-state index contributed by atoms with van der Waals surface area (Å²) in [5, 5.41) is 2.74. The lowest BCUT2D eigenvalue weighted by molar-refractivity contribution is -0.182. The molecule has 1 saturated carbocycles. The molecule has 0 radical (unpaired) electrons. The number of halogens is 3. The second-order valence-corrected chi connectivity index (χ2v) is 4.58. The van der Waals surface area contributed by atoms with Crippen LogP contribution in [0.1, 0.15) is 32.1 Å². The van der Waals surface area contributed by atoms with E-state index in [1.165, 1.54) is 0 Å². The molecule has 1 amide bonds. The molecule has 1 aliphatic rings. The van der Waals surface area contributed by atoms with Crippen molar-refractivity contribution in [2.45, 2.75) is 44.3 Å². The van der Waals surface area contributed by atoms with Crippen LogP contribution in [0.25, 0.3) is 0 Å². The van der Waals surface area contributed by atoms with Gasteiger partial charge in [-0.3, -0.25) is 4.79 Å². The van der Waals surface area contributed by atoms with E-state index < -0.39 is 12.1 Å². The van der Waals surface area contributed by atoms with Crippen LogP contribution in [0.2, 0.25) is 0 Å². The largest absolute Gasteiger partial charge is 0.391 e. The predicted molar refractivity (Wildman–Crippen MR) is 58.4 cm³/mol. The summed E-state index contributed by atoms with van der Waals surface area (Å²) in [6.07, 6.45) is -2.68. The first-order valence-corrected chi connectivity index (χ1v) is 6.03. The van der Waals surface area contributed by atoms with Gasteiger partial charge in [0.25, 0.3) is 0 Å². The summed E-state index contributed by atoms with van der Waals surface area (Å²) in [6.45, 7) is 0. The van der Waals surface area contributed by atoms with E-state index in [9.17, 15) is 18.0 Å². The second-order valence-electron chi connectivity index (χ2n) is 4.13. The lowest BCUT2D eigenvalue weighted by Crippen LogP contribution is -2.40. The van der Waals surface area contributed by atoms with Gasteiger partial charge in [0, 0.05) is 12.5 Å². The van der Waals surface area contributed by atoms with Gasteiger partial charge in [-0.05, 0) is 31.4 Å². The van der Waals surface area contributed by atoms with Crippen molar-refractivity contribution in [1.29, 1.82) is 0 Å². The van der Waals surface area contributed by atoms with Crippen molar-refractivity contribution in [2.75, 3.05) is 5.75 Å². The Bertz CT molecular complexity index is 237. The summed E-state index contributed by atoms with van der Waals surface area (Å²) in [4.78, 5) is 11.2. The Kier molecular flexibility index (Phi) is 4.95. The first-order valence-electron chi connectivity index (χ1n) is 5.40. The Morgan fingerprint density at radius 1 is 1.25 bits per heavy atom. The van der Waals surface area contributed by atoms with Crippen LogP contribution in [0.4, 0.5) is 13.2 Å². The van der Waals surface area contributed by atoms with Crippen LogP contribution in [0.15, 0.2) is 0 Å². The SMILES string of the molecule is O=C(CCS)NC1CCC(C(F)(F)F)CC1. The highest BCUT2D eigenvalue weighted by atomic mass is 32.1. The summed E-state index contributed by atoms with van der Waals surface area (Å²) in [5.41, 5.74) is 0. The zero-order valence-electron chi connectivity index (χ0n) is 8.89. The van der Waals surface area contributed by atoms with Crippen molar-refractivity contribution in [1.82, 2.24) is 5.32 Å². The van der Waals surface area contributed by atoms with E-state index in [0.29, 0.717) is 25.0 Å². The van der Waals surface area contributed by atoms with E-state index in [2.05, 4.69) is 17.9 Å². The van der Waals surface area contributed by atoms with Gasteiger partial charge in [0.2, 0.25) is 5.91 Å². The maximum Gasteiger partial charge on any atom is 0.391 e. The third kappa shape index (κ3) is 4.23. The average molecular weight is 255 g/mol. The van der Waals surface area contributed by atoms with E-state index >= 15 is 0 Å². The minimum atomic E-state index is -4.08. The minimum absolute atomic E-state index is 0.0917. The number of amides is 1. The molecule has 0 unspecified atom stereocenters. The van der Waals surface area contributed by atoms with Gasteiger partial charge >= 0.3 is 6.18 Å². The molecule has 1 N–H and O–H groups in total. The molecular weight excluding hydrogens is 239 g/mol. The number of thiol groups is 1. The Labute approximate surface area is 98.4 Å². The maximum absolute atomic E-state index is 12.4. The van der Waals surface area contributed by atoms with Gasteiger partial charge in [-0.1, -0.05) is 0 Å².